The van der Waals surface area contributed by atoms with Gasteiger partial charge in [-0.1, -0.05) is 13.8 Å². The Kier molecular flexibility index (Phi) is 3.36. The number of rotatable bonds is 2. The molecule has 0 aliphatic carbocycles. The summed E-state index contributed by atoms with van der Waals surface area (Å²) in [5, 5.41) is 6.13. The Morgan fingerprint density at radius 2 is 2.17 bits per heavy atom. The molecule has 1 unspecified atom stereocenters. The van der Waals surface area contributed by atoms with Crippen LogP contribution in [-0.2, 0) is 9.53 Å². The SMILES string of the molecule is CC(C)CN=C1NC(=O)C2(CCOC(C)(C)C2)N1. The van der Waals surface area contributed by atoms with Gasteiger partial charge in [0.1, 0.15) is 5.54 Å². The van der Waals surface area contributed by atoms with Gasteiger partial charge in [-0.3, -0.25) is 15.1 Å². The van der Waals surface area contributed by atoms with Gasteiger partial charge in [0, 0.05) is 19.4 Å². The van der Waals surface area contributed by atoms with Gasteiger partial charge < -0.3 is 10.1 Å². The molecule has 5 heteroatoms. The highest BCUT2D eigenvalue weighted by Gasteiger charge is 2.50. The van der Waals surface area contributed by atoms with Crippen LogP contribution in [0.4, 0.5) is 0 Å². The van der Waals surface area contributed by atoms with E-state index in [0.29, 0.717) is 31.3 Å². The van der Waals surface area contributed by atoms with E-state index in [-0.39, 0.29) is 11.5 Å². The summed E-state index contributed by atoms with van der Waals surface area (Å²) in [5.74, 6) is 1.13. The van der Waals surface area contributed by atoms with Gasteiger partial charge in [0.15, 0.2) is 5.96 Å². The van der Waals surface area contributed by atoms with Crippen molar-refractivity contribution in [2.75, 3.05) is 13.2 Å². The van der Waals surface area contributed by atoms with Gasteiger partial charge in [-0.15, -0.1) is 0 Å². The zero-order valence-corrected chi connectivity index (χ0v) is 11.7. The molecule has 0 aromatic heterocycles. The van der Waals surface area contributed by atoms with Crippen molar-refractivity contribution < 1.29 is 9.53 Å². The molecular weight excluding hydrogens is 230 g/mol. The molecule has 5 nitrogen and oxygen atoms in total. The van der Waals surface area contributed by atoms with Gasteiger partial charge in [0.2, 0.25) is 0 Å². The van der Waals surface area contributed by atoms with E-state index >= 15 is 0 Å². The van der Waals surface area contributed by atoms with E-state index in [0.717, 1.165) is 6.54 Å². The van der Waals surface area contributed by atoms with E-state index in [2.05, 4.69) is 29.5 Å². The second-order valence-corrected chi connectivity index (χ2v) is 6.28. The number of carbonyl (C=O) groups excluding carboxylic acids is 1. The second-order valence-electron chi connectivity index (χ2n) is 6.28. The third kappa shape index (κ3) is 2.66. The topological polar surface area (TPSA) is 62.7 Å². The van der Waals surface area contributed by atoms with E-state index in [1.807, 2.05) is 13.8 Å². The molecule has 0 bridgehead atoms. The molecule has 0 aromatic carbocycles. The lowest BCUT2D eigenvalue weighted by atomic mass is 9.81. The number of amides is 1. The van der Waals surface area contributed by atoms with E-state index in [1.54, 1.807) is 0 Å². The van der Waals surface area contributed by atoms with Crippen molar-refractivity contribution >= 4 is 11.9 Å². The van der Waals surface area contributed by atoms with Crippen molar-refractivity contribution in [3.8, 4) is 0 Å². The van der Waals surface area contributed by atoms with Gasteiger partial charge in [0.25, 0.3) is 5.91 Å². The monoisotopic (exact) mass is 253 g/mol. The molecule has 1 atom stereocenters. The van der Waals surface area contributed by atoms with Gasteiger partial charge in [-0.2, -0.15) is 0 Å². The summed E-state index contributed by atoms with van der Waals surface area (Å²) in [6, 6.07) is 0. The van der Waals surface area contributed by atoms with Crippen LogP contribution in [0.1, 0.15) is 40.5 Å². The van der Waals surface area contributed by atoms with E-state index in [1.165, 1.54) is 0 Å². The minimum atomic E-state index is -0.530. The first kappa shape index (κ1) is 13.3. The fourth-order valence-corrected chi connectivity index (χ4v) is 2.56. The normalized spacial score (nSPS) is 32.9. The molecule has 1 amide bonds. The van der Waals surface area contributed by atoms with Crippen molar-refractivity contribution in [2.24, 2.45) is 10.9 Å². The van der Waals surface area contributed by atoms with Crippen molar-refractivity contribution in [2.45, 2.75) is 51.7 Å². The first-order valence-corrected chi connectivity index (χ1v) is 6.61. The smallest absolute Gasteiger partial charge is 0.252 e. The van der Waals surface area contributed by atoms with Crippen molar-refractivity contribution in [1.82, 2.24) is 10.6 Å². The minimum absolute atomic E-state index is 0.0291. The van der Waals surface area contributed by atoms with Crippen LogP contribution in [0, 0.1) is 5.92 Å². The molecule has 2 aliphatic heterocycles. The molecule has 2 heterocycles. The molecule has 2 saturated heterocycles. The Hall–Kier alpha value is -1.10. The molecule has 0 aromatic rings. The van der Waals surface area contributed by atoms with Crippen LogP contribution >= 0.6 is 0 Å². The highest BCUT2D eigenvalue weighted by atomic mass is 16.5. The van der Waals surface area contributed by atoms with Crippen molar-refractivity contribution in [3.63, 3.8) is 0 Å². The molecule has 0 radical (unpaired) electrons. The summed E-state index contributed by atoms with van der Waals surface area (Å²) >= 11 is 0. The number of carbonyl (C=O) groups is 1. The fourth-order valence-electron chi connectivity index (χ4n) is 2.56. The molecule has 0 saturated carbocycles. The lowest BCUT2D eigenvalue weighted by Crippen LogP contribution is -2.56. The highest BCUT2D eigenvalue weighted by molar-refractivity contribution is 6.09. The van der Waals surface area contributed by atoms with Crippen LogP contribution in [0.3, 0.4) is 0 Å². The average molecular weight is 253 g/mol. The molecule has 2 fully saturated rings. The Labute approximate surface area is 108 Å². The molecule has 1 spiro atoms. The fraction of sp³-hybridized carbons (Fsp3) is 0.846. The molecule has 2 N–H and O–H groups in total. The summed E-state index contributed by atoms with van der Waals surface area (Å²) in [6.45, 7) is 9.57. The number of guanidine groups is 1. The van der Waals surface area contributed by atoms with Crippen LogP contribution in [0.15, 0.2) is 4.99 Å². The highest BCUT2D eigenvalue weighted by Crippen LogP contribution is 2.33. The molecular formula is C13H23N3O2. The van der Waals surface area contributed by atoms with E-state index < -0.39 is 5.54 Å². The van der Waals surface area contributed by atoms with Crippen LogP contribution < -0.4 is 10.6 Å². The number of hydrogen-bond donors (Lipinski definition) is 2. The lowest BCUT2D eigenvalue weighted by Gasteiger charge is -2.40. The Morgan fingerprint density at radius 1 is 1.44 bits per heavy atom. The van der Waals surface area contributed by atoms with Gasteiger partial charge in [-0.05, 0) is 19.8 Å². The van der Waals surface area contributed by atoms with Gasteiger partial charge in [-0.25, -0.2) is 0 Å². The maximum Gasteiger partial charge on any atom is 0.252 e. The van der Waals surface area contributed by atoms with E-state index in [9.17, 15) is 4.79 Å². The number of nitrogens with zero attached hydrogens (tertiary/aromatic N) is 1. The molecule has 102 valence electrons. The number of nitrogens with one attached hydrogen (secondary N) is 2. The first-order valence-electron chi connectivity index (χ1n) is 6.61. The van der Waals surface area contributed by atoms with Gasteiger partial charge >= 0.3 is 0 Å². The minimum Gasteiger partial charge on any atom is -0.375 e. The van der Waals surface area contributed by atoms with Crippen molar-refractivity contribution in [1.29, 1.82) is 0 Å². The quantitative estimate of drug-likeness (QED) is 0.773. The van der Waals surface area contributed by atoms with Gasteiger partial charge in [0.05, 0.1) is 12.2 Å². The van der Waals surface area contributed by atoms with Crippen LogP contribution in [-0.4, -0.2) is 36.2 Å². The van der Waals surface area contributed by atoms with E-state index in [4.69, 9.17) is 4.74 Å². The second kappa shape index (κ2) is 4.53. The van der Waals surface area contributed by atoms with Crippen molar-refractivity contribution in [3.05, 3.63) is 0 Å². The molecule has 2 aliphatic rings. The average Bonchev–Trinajstić information content (AvgIpc) is 2.51. The Morgan fingerprint density at radius 3 is 2.78 bits per heavy atom. The van der Waals surface area contributed by atoms with Crippen LogP contribution in [0.25, 0.3) is 0 Å². The third-order valence-corrected chi connectivity index (χ3v) is 3.39. The number of ether oxygens (including phenoxy) is 1. The zero-order chi connectivity index (χ0) is 13.4. The van der Waals surface area contributed by atoms with Crippen LogP contribution in [0.2, 0.25) is 0 Å². The summed E-state index contributed by atoms with van der Waals surface area (Å²) in [7, 11) is 0. The molecule has 2 rings (SSSR count). The number of hydrogen-bond acceptors (Lipinski definition) is 3. The summed E-state index contributed by atoms with van der Waals surface area (Å²) < 4.78 is 5.67. The Bertz CT molecular complexity index is 376. The largest absolute Gasteiger partial charge is 0.375 e. The predicted molar refractivity (Wildman–Crippen MR) is 70.4 cm³/mol. The molecule has 18 heavy (non-hydrogen) atoms. The summed E-state index contributed by atoms with van der Waals surface area (Å²) in [4.78, 5) is 16.6. The maximum atomic E-state index is 12.2. The summed E-state index contributed by atoms with van der Waals surface area (Å²) in [5.41, 5.74) is -0.798. The standard InChI is InChI=1S/C13H23N3O2/c1-9(2)7-14-11-15-10(17)13(16-11)5-6-18-12(3,4)8-13/h9H,5-8H2,1-4H3,(H2,14,15,16,17). The predicted octanol–water partition coefficient (Wildman–Crippen LogP) is 1.05. The Balaban J connectivity index is 2.11. The summed E-state index contributed by atoms with van der Waals surface area (Å²) in [6.07, 6.45) is 1.37. The third-order valence-electron chi connectivity index (χ3n) is 3.39. The first-order chi connectivity index (χ1) is 8.33. The maximum absolute atomic E-state index is 12.2. The number of aliphatic imine (C=N–C) groups is 1. The zero-order valence-electron chi connectivity index (χ0n) is 11.7. The lowest BCUT2D eigenvalue weighted by molar-refractivity contribution is -0.136. The van der Waals surface area contributed by atoms with Crippen LogP contribution in [0.5, 0.6) is 0 Å².